The number of aryl methyl sites for hydroxylation is 1. The monoisotopic (exact) mass is 194 g/mol. The van der Waals surface area contributed by atoms with Gasteiger partial charge in [0.1, 0.15) is 11.5 Å². The molecule has 0 spiro atoms. The first-order valence-corrected chi connectivity index (χ1v) is 3.97. The van der Waals surface area contributed by atoms with Gasteiger partial charge in [0.2, 0.25) is 0 Å². The summed E-state index contributed by atoms with van der Waals surface area (Å²) in [4.78, 5) is 14.5. The maximum absolute atomic E-state index is 12.8. The van der Waals surface area contributed by atoms with Crippen LogP contribution in [0.4, 0.5) is 4.39 Å². The van der Waals surface area contributed by atoms with Crippen molar-refractivity contribution >= 4 is 11.6 Å². The molecule has 2 heterocycles. The number of imidazole rings is 1. The molecule has 2 aromatic rings. The third-order valence-corrected chi connectivity index (χ3v) is 2.03. The second kappa shape index (κ2) is 2.80. The summed E-state index contributed by atoms with van der Waals surface area (Å²) in [6.07, 6.45) is 1.46. The van der Waals surface area contributed by atoms with Gasteiger partial charge in [0.25, 0.3) is 0 Å². The number of carbonyl (C=O) groups is 1. The number of rotatable bonds is 1. The maximum Gasteiger partial charge on any atom is 0.356 e. The van der Waals surface area contributed by atoms with Crippen LogP contribution in [0.25, 0.3) is 5.65 Å². The lowest BCUT2D eigenvalue weighted by atomic mass is 10.3. The summed E-state index contributed by atoms with van der Waals surface area (Å²) < 4.78 is 14.3. The molecule has 0 saturated heterocycles. The van der Waals surface area contributed by atoms with Crippen molar-refractivity contribution in [1.82, 2.24) is 9.38 Å². The Morgan fingerprint density at radius 2 is 2.36 bits per heavy atom. The zero-order valence-electron chi connectivity index (χ0n) is 7.36. The normalized spacial score (nSPS) is 10.7. The molecule has 0 aliphatic rings. The number of halogens is 1. The van der Waals surface area contributed by atoms with E-state index in [2.05, 4.69) is 4.98 Å². The molecule has 72 valence electrons. The van der Waals surface area contributed by atoms with Gasteiger partial charge in [-0.2, -0.15) is 0 Å². The summed E-state index contributed by atoms with van der Waals surface area (Å²) >= 11 is 0. The topological polar surface area (TPSA) is 54.6 Å². The number of fused-ring (bicyclic) bond motifs is 1. The smallest absolute Gasteiger partial charge is 0.356 e. The van der Waals surface area contributed by atoms with Crippen LogP contribution in [-0.4, -0.2) is 20.5 Å². The fourth-order valence-electron chi connectivity index (χ4n) is 1.34. The second-order valence-electron chi connectivity index (χ2n) is 2.92. The summed E-state index contributed by atoms with van der Waals surface area (Å²) in [6, 6.07) is 2.45. The lowest BCUT2D eigenvalue weighted by molar-refractivity contribution is 0.0690. The average molecular weight is 194 g/mol. The van der Waals surface area contributed by atoms with Gasteiger partial charge < -0.3 is 9.51 Å². The van der Waals surface area contributed by atoms with Gasteiger partial charge in [-0.15, -0.1) is 0 Å². The molecule has 14 heavy (non-hydrogen) atoms. The van der Waals surface area contributed by atoms with E-state index in [0.29, 0.717) is 11.3 Å². The minimum absolute atomic E-state index is 0.0457. The van der Waals surface area contributed by atoms with Crippen LogP contribution in [0.2, 0.25) is 0 Å². The number of pyridine rings is 1. The number of hydrogen-bond donors (Lipinski definition) is 1. The molecule has 0 saturated carbocycles. The van der Waals surface area contributed by atoms with E-state index in [1.807, 2.05) is 0 Å². The van der Waals surface area contributed by atoms with Crippen molar-refractivity contribution in [2.75, 3.05) is 0 Å². The molecule has 5 heteroatoms. The quantitative estimate of drug-likeness (QED) is 0.748. The van der Waals surface area contributed by atoms with Gasteiger partial charge in [-0.25, -0.2) is 14.2 Å². The maximum atomic E-state index is 12.8. The van der Waals surface area contributed by atoms with E-state index in [-0.39, 0.29) is 5.69 Å². The molecule has 1 N–H and O–H groups in total. The molecule has 0 atom stereocenters. The molecule has 2 rings (SSSR count). The van der Waals surface area contributed by atoms with E-state index in [1.165, 1.54) is 22.7 Å². The number of aromatic nitrogens is 2. The number of carboxylic acids is 1. The lowest BCUT2D eigenvalue weighted by Gasteiger charge is -1.94. The molecule has 0 bridgehead atoms. The molecule has 0 aromatic carbocycles. The van der Waals surface area contributed by atoms with Crippen molar-refractivity contribution in [2.45, 2.75) is 6.92 Å². The predicted molar refractivity (Wildman–Crippen MR) is 46.8 cm³/mol. The second-order valence-corrected chi connectivity index (χ2v) is 2.92. The van der Waals surface area contributed by atoms with Crippen molar-refractivity contribution in [3.8, 4) is 0 Å². The van der Waals surface area contributed by atoms with Gasteiger partial charge in [0.05, 0.1) is 5.69 Å². The molecule has 0 fully saturated rings. The molecule has 2 aromatic heterocycles. The lowest BCUT2D eigenvalue weighted by Crippen LogP contribution is -1.99. The fraction of sp³-hybridized carbons (Fsp3) is 0.111. The van der Waals surface area contributed by atoms with E-state index in [1.54, 1.807) is 6.92 Å². The van der Waals surface area contributed by atoms with Gasteiger partial charge in [0, 0.05) is 12.3 Å². The van der Waals surface area contributed by atoms with Crippen molar-refractivity contribution < 1.29 is 14.3 Å². The van der Waals surface area contributed by atoms with Crippen LogP contribution in [0.3, 0.4) is 0 Å². The summed E-state index contributed by atoms with van der Waals surface area (Å²) in [6.45, 7) is 1.63. The number of nitrogens with zero attached hydrogens (tertiary/aromatic N) is 2. The Balaban J connectivity index is 2.79. The van der Waals surface area contributed by atoms with Crippen molar-refractivity contribution in [1.29, 1.82) is 0 Å². The first-order chi connectivity index (χ1) is 6.59. The van der Waals surface area contributed by atoms with Gasteiger partial charge in [-0.1, -0.05) is 0 Å². The Labute approximate surface area is 78.6 Å². The molecule has 0 unspecified atom stereocenters. The molecule has 0 radical (unpaired) electrons. The van der Waals surface area contributed by atoms with Crippen LogP contribution >= 0.6 is 0 Å². The molecule has 0 aliphatic carbocycles. The Morgan fingerprint density at radius 3 is 3.00 bits per heavy atom. The Hall–Kier alpha value is -1.91. The highest BCUT2D eigenvalue weighted by atomic mass is 19.1. The van der Waals surface area contributed by atoms with Crippen LogP contribution in [0, 0.1) is 12.7 Å². The first kappa shape index (κ1) is 8.68. The van der Waals surface area contributed by atoms with E-state index in [9.17, 15) is 9.18 Å². The largest absolute Gasteiger partial charge is 0.476 e. The Kier molecular flexibility index (Phi) is 1.73. The zero-order chi connectivity index (χ0) is 10.3. The fourth-order valence-corrected chi connectivity index (χ4v) is 1.34. The highest BCUT2D eigenvalue weighted by Gasteiger charge is 2.14. The summed E-state index contributed by atoms with van der Waals surface area (Å²) in [5.74, 6) is -1.54. The van der Waals surface area contributed by atoms with E-state index in [4.69, 9.17) is 5.11 Å². The third kappa shape index (κ3) is 1.14. The van der Waals surface area contributed by atoms with Crippen LogP contribution in [-0.2, 0) is 0 Å². The van der Waals surface area contributed by atoms with Crippen LogP contribution in [0.5, 0.6) is 0 Å². The number of hydrogen-bond acceptors (Lipinski definition) is 2. The van der Waals surface area contributed by atoms with Gasteiger partial charge >= 0.3 is 5.97 Å². The molecule has 0 aliphatic heterocycles. The van der Waals surface area contributed by atoms with Gasteiger partial charge in [0.15, 0.2) is 5.69 Å². The molecular weight excluding hydrogens is 187 g/mol. The summed E-state index contributed by atoms with van der Waals surface area (Å²) in [7, 11) is 0. The first-order valence-electron chi connectivity index (χ1n) is 3.97. The Morgan fingerprint density at radius 1 is 1.64 bits per heavy atom. The van der Waals surface area contributed by atoms with Crippen LogP contribution in [0.15, 0.2) is 18.3 Å². The van der Waals surface area contributed by atoms with E-state index >= 15 is 0 Å². The number of carboxylic acid groups (broad SMARTS) is 1. The van der Waals surface area contributed by atoms with Crippen molar-refractivity contribution in [2.24, 2.45) is 0 Å². The van der Waals surface area contributed by atoms with E-state index < -0.39 is 11.8 Å². The van der Waals surface area contributed by atoms with Gasteiger partial charge in [-0.05, 0) is 13.0 Å². The standard InChI is InChI=1S/C9H7FN2O2/c1-5-8(9(13)14)11-7-4-6(10)2-3-12(5)7/h2-4H,1H3,(H,13,14). The minimum atomic E-state index is -1.10. The van der Waals surface area contributed by atoms with Crippen LogP contribution in [0.1, 0.15) is 16.2 Å². The highest BCUT2D eigenvalue weighted by Crippen LogP contribution is 2.12. The molecule has 0 amide bonds. The predicted octanol–water partition coefficient (Wildman–Crippen LogP) is 1.48. The zero-order valence-corrected chi connectivity index (χ0v) is 7.36. The van der Waals surface area contributed by atoms with Crippen molar-refractivity contribution in [3.63, 3.8) is 0 Å². The Bertz CT molecular complexity index is 519. The summed E-state index contributed by atoms with van der Waals surface area (Å²) in [5, 5.41) is 8.77. The van der Waals surface area contributed by atoms with E-state index in [0.717, 1.165) is 0 Å². The number of aromatic carboxylic acids is 1. The average Bonchev–Trinajstić information content (AvgIpc) is 2.43. The molecular formula is C9H7FN2O2. The third-order valence-electron chi connectivity index (χ3n) is 2.03. The van der Waals surface area contributed by atoms with Gasteiger partial charge in [-0.3, -0.25) is 0 Å². The summed E-state index contributed by atoms with van der Waals surface area (Å²) in [5.41, 5.74) is 0.753. The van der Waals surface area contributed by atoms with Crippen LogP contribution < -0.4 is 0 Å². The van der Waals surface area contributed by atoms with Crippen molar-refractivity contribution in [3.05, 3.63) is 35.5 Å². The highest BCUT2D eigenvalue weighted by molar-refractivity contribution is 5.87. The minimum Gasteiger partial charge on any atom is -0.476 e. The molecule has 4 nitrogen and oxygen atoms in total. The SMILES string of the molecule is Cc1c(C(=O)O)nc2cc(F)ccn12.